The summed E-state index contributed by atoms with van der Waals surface area (Å²) in [6.07, 6.45) is 3.66. The lowest BCUT2D eigenvalue weighted by Gasteiger charge is -2.45. The molecule has 7 rings (SSSR count). The number of phenolic OH excluding ortho intramolecular Hbond substituents is 3. The maximum Gasteiger partial charge on any atom is 0.207 e. The first-order valence-corrected chi connectivity index (χ1v) is 19.9. The molecule has 2 heterocycles. The van der Waals surface area contributed by atoms with Crippen molar-refractivity contribution in [2.75, 3.05) is 26.6 Å². The van der Waals surface area contributed by atoms with Gasteiger partial charge in [0, 0.05) is 39.7 Å². The number of benzene rings is 3. The molecule has 1 saturated heterocycles. The van der Waals surface area contributed by atoms with Gasteiger partial charge in [-0.3, -0.25) is 0 Å². The molecule has 0 aromatic heterocycles. The van der Waals surface area contributed by atoms with Gasteiger partial charge in [-0.05, 0) is 97.1 Å². The van der Waals surface area contributed by atoms with Gasteiger partial charge in [-0.25, -0.2) is 0 Å². The minimum Gasteiger partial charge on any atom is -0.508 e. The van der Waals surface area contributed by atoms with Crippen LogP contribution in [0.15, 0.2) is 30.3 Å². The Labute approximate surface area is 296 Å². The van der Waals surface area contributed by atoms with Crippen molar-refractivity contribution in [3.63, 3.8) is 0 Å². The van der Waals surface area contributed by atoms with Crippen LogP contribution in [-0.2, 0) is 6.42 Å². The molecule has 4 bridgehead atoms. The van der Waals surface area contributed by atoms with E-state index in [1.54, 1.807) is 19.2 Å². The second-order valence-corrected chi connectivity index (χ2v) is 17.3. The van der Waals surface area contributed by atoms with Crippen molar-refractivity contribution >= 4 is 21.6 Å². The maximum absolute atomic E-state index is 12.6. The number of methoxy groups -OCH3 is 2. The molecular weight excluding hydrogens is 661 g/mol. The lowest BCUT2D eigenvalue weighted by Crippen LogP contribution is -2.41. The standard InChI is InChI=1S/C39H48O8S2/c1-19(2)10-12-46-30-17-27(35(41)39(45-5)36(30)42)38-37(43)34-31-9-6-21(20(3)11-13-48-49-31)14-22-15-26-32(24-8-7-23(40)16-25(22)24)28(44-4)18-29(47-38)33(26)34/h7-8,16-22,31,34,37-38,40-43H,6,9-15H2,1-5H3. The zero-order chi connectivity index (χ0) is 34.6. The van der Waals surface area contributed by atoms with Gasteiger partial charge in [0.15, 0.2) is 17.6 Å². The van der Waals surface area contributed by atoms with Crippen molar-refractivity contribution in [2.24, 2.45) is 17.8 Å². The predicted octanol–water partition coefficient (Wildman–Crippen LogP) is 8.72. The predicted molar refractivity (Wildman–Crippen MR) is 195 cm³/mol. The number of hydrogen-bond acceptors (Lipinski definition) is 10. The molecule has 10 heteroatoms. The molecule has 7 unspecified atom stereocenters. The molecule has 3 aromatic rings. The highest BCUT2D eigenvalue weighted by atomic mass is 33.1. The molecule has 2 aliphatic heterocycles. The van der Waals surface area contributed by atoms with E-state index < -0.39 is 12.2 Å². The van der Waals surface area contributed by atoms with Crippen LogP contribution in [0.5, 0.6) is 40.2 Å². The summed E-state index contributed by atoms with van der Waals surface area (Å²) < 4.78 is 24.4. The first-order chi connectivity index (χ1) is 23.6. The molecule has 0 spiro atoms. The SMILES string of the molecule is COc1cc2c3c4c1-c1ccc(O)cc1C(C4)CC1CCC(SSCCC1C)C3C(O)C(c1cc(OCCC(C)C)c(O)c(OC)c1O)O2. The number of ether oxygens (including phenoxy) is 4. The minimum absolute atomic E-state index is 0.0797. The molecule has 49 heavy (non-hydrogen) atoms. The zero-order valence-corrected chi connectivity index (χ0v) is 30.5. The quantitative estimate of drug-likeness (QED) is 0.178. The number of phenols is 3. The highest BCUT2D eigenvalue weighted by Crippen LogP contribution is 2.60. The number of aliphatic hydroxyl groups is 1. The van der Waals surface area contributed by atoms with E-state index in [9.17, 15) is 20.4 Å². The third-order valence-corrected chi connectivity index (χ3v) is 14.2. The highest BCUT2D eigenvalue weighted by molar-refractivity contribution is 8.76. The van der Waals surface area contributed by atoms with Crippen LogP contribution in [0.4, 0.5) is 0 Å². The molecule has 0 saturated carbocycles. The molecule has 264 valence electrons. The van der Waals surface area contributed by atoms with Crippen molar-refractivity contribution in [3.8, 4) is 51.4 Å². The molecule has 4 aliphatic rings. The van der Waals surface area contributed by atoms with E-state index in [0.29, 0.717) is 41.4 Å². The monoisotopic (exact) mass is 708 g/mol. The molecular formula is C39H48O8S2. The Hall–Kier alpha value is -3.08. The summed E-state index contributed by atoms with van der Waals surface area (Å²) in [5.74, 6) is 3.42. The summed E-state index contributed by atoms with van der Waals surface area (Å²) in [4.78, 5) is 0. The van der Waals surface area contributed by atoms with Crippen LogP contribution in [0.3, 0.4) is 0 Å². The fourth-order valence-corrected chi connectivity index (χ4v) is 11.7. The molecule has 3 aromatic carbocycles. The third-order valence-electron chi connectivity index (χ3n) is 11.2. The van der Waals surface area contributed by atoms with Gasteiger partial charge in [-0.15, -0.1) is 0 Å². The van der Waals surface area contributed by atoms with Crippen molar-refractivity contribution in [1.29, 1.82) is 0 Å². The lowest BCUT2D eigenvalue weighted by molar-refractivity contribution is -0.00376. The van der Waals surface area contributed by atoms with Crippen molar-refractivity contribution in [2.45, 2.75) is 88.6 Å². The van der Waals surface area contributed by atoms with Crippen LogP contribution in [0.1, 0.15) is 93.1 Å². The third kappa shape index (κ3) is 6.16. The molecule has 2 aliphatic carbocycles. The maximum atomic E-state index is 12.6. The summed E-state index contributed by atoms with van der Waals surface area (Å²) in [6, 6.07) is 9.20. The number of fused-ring (bicyclic) bond motifs is 8. The van der Waals surface area contributed by atoms with E-state index in [1.807, 2.05) is 39.8 Å². The van der Waals surface area contributed by atoms with Crippen molar-refractivity contribution in [1.82, 2.24) is 0 Å². The van der Waals surface area contributed by atoms with Crippen molar-refractivity contribution < 1.29 is 39.4 Å². The number of aromatic hydroxyl groups is 3. The van der Waals surface area contributed by atoms with E-state index in [0.717, 1.165) is 72.1 Å². The molecule has 1 fully saturated rings. The van der Waals surface area contributed by atoms with Crippen LogP contribution in [0.25, 0.3) is 11.1 Å². The second-order valence-electron chi connectivity index (χ2n) is 14.6. The Morgan fingerprint density at radius 2 is 1.78 bits per heavy atom. The van der Waals surface area contributed by atoms with Crippen LogP contribution in [0, 0.1) is 17.8 Å². The summed E-state index contributed by atoms with van der Waals surface area (Å²) in [7, 11) is 6.81. The van der Waals surface area contributed by atoms with Gasteiger partial charge in [0.1, 0.15) is 23.4 Å². The molecule has 0 amide bonds. The Morgan fingerprint density at radius 3 is 2.53 bits per heavy atom. The van der Waals surface area contributed by atoms with Crippen LogP contribution < -0.4 is 18.9 Å². The Morgan fingerprint density at radius 1 is 0.959 bits per heavy atom. The zero-order valence-electron chi connectivity index (χ0n) is 28.9. The Balaban J connectivity index is 1.44. The molecule has 0 radical (unpaired) electrons. The topological polar surface area (TPSA) is 118 Å². The number of rotatable bonds is 7. The average molecular weight is 709 g/mol. The van der Waals surface area contributed by atoms with Crippen molar-refractivity contribution in [3.05, 3.63) is 52.6 Å². The van der Waals surface area contributed by atoms with Crippen LogP contribution in [-0.4, -0.2) is 58.4 Å². The van der Waals surface area contributed by atoms with E-state index in [4.69, 9.17) is 18.9 Å². The van der Waals surface area contributed by atoms with Gasteiger partial charge < -0.3 is 39.4 Å². The average Bonchev–Trinajstić information content (AvgIpc) is 3.16. The first kappa shape index (κ1) is 34.4. The molecule has 8 nitrogen and oxygen atoms in total. The first-order valence-electron chi connectivity index (χ1n) is 17.6. The Kier molecular flexibility index (Phi) is 9.76. The van der Waals surface area contributed by atoms with Gasteiger partial charge in [-0.2, -0.15) is 0 Å². The van der Waals surface area contributed by atoms with Gasteiger partial charge >= 0.3 is 0 Å². The van der Waals surface area contributed by atoms with Gasteiger partial charge in [0.25, 0.3) is 0 Å². The Bertz CT molecular complexity index is 1710. The van der Waals surface area contributed by atoms with E-state index in [2.05, 4.69) is 20.8 Å². The van der Waals surface area contributed by atoms with E-state index in [-0.39, 0.29) is 45.8 Å². The van der Waals surface area contributed by atoms with Gasteiger partial charge in [0.2, 0.25) is 11.5 Å². The summed E-state index contributed by atoms with van der Waals surface area (Å²) in [5, 5.41) is 45.9. The van der Waals surface area contributed by atoms with Gasteiger partial charge in [0.05, 0.1) is 20.8 Å². The van der Waals surface area contributed by atoms with E-state index in [1.165, 1.54) is 7.11 Å². The molecule has 4 N–H and O–H groups in total. The van der Waals surface area contributed by atoms with E-state index >= 15 is 0 Å². The molecule has 7 atom stereocenters. The summed E-state index contributed by atoms with van der Waals surface area (Å²) in [6.45, 7) is 6.96. The smallest absolute Gasteiger partial charge is 0.207 e. The minimum atomic E-state index is -1.03. The number of hydrogen-bond donors (Lipinski definition) is 4. The fraction of sp³-hybridized carbons (Fsp3) is 0.538. The number of aliphatic hydroxyl groups excluding tert-OH is 1. The highest BCUT2D eigenvalue weighted by Gasteiger charge is 2.48. The van der Waals surface area contributed by atoms with Gasteiger partial charge in [-0.1, -0.05) is 48.4 Å². The normalized spacial score (nSPS) is 27.3. The summed E-state index contributed by atoms with van der Waals surface area (Å²) >= 11 is 0. The fourth-order valence-electron chi connectivity index (χ4n) is 8.56. The largest absolute Gasteiger partial charge is 0.508 e. The summed E-state index contributed by atoms with van der Waals surface area (Å²) in [5.41, 5.74) is 5.64. The van der Waals surface area contributed by atoms with Crippen LogP contribution >= 0.6 is 21.6 Å². The lowest BCUT2D eigenvalue weighted by atomic mass is 9.67. The van der Waals surface area contributed by atoms with Crippen LogP contribution in [0.2, 0.25) is 0 Å². The second kappa shape index (κ2) is 13.9.